The number of hydrogen-bond donors (Lipinski definition) is 3. The molecule has 0 fully saturated rings. The summed E-state index contributed by atoms with van der Waals surface area (Å²) >= 11 is 0. The van der Waals surface area contributed by atoms with Crippen molar-refractivity contribution in [1.82, 2.24) is 30.7 Å². The van der Waals surface area contributed by atoms with Gasteiger partial charge in [0.05, 0.1) is 0 Å². The van der Waals surface area contributed by atoms with E-state index in [4.69, 9.17) is 0 Å². The molecule has 3 N–H and O–H groups in total. The highest BCUT2D eigenvalue weighted by molar-refractivity contribution is 5.78. The van der Waals surface area contributed by atoms with Gasteiger partial charge in [-0.1, -0.05) is 69.7 Å². The number of nitrogens with one attached hydrogen (secondary N) is 3. The van der Waals surface area contributed by atoms with Gasteiger partial charge in [-0.15, -0.1) is 0 Å². The van der Waals surface area contributed by atoms with E-state index in [2.05, 4.69) is 79.1 Å². The molecule has 0 aromatic carbocycles. The number of Topliss-reactive ketones (excluding diaryl/α,β-unsaturated/α-hetero) is 1. The lowest BCUT2D eigenvalue weighted by atomic mass is 10.1. The zero-order chi connectivity index (χ0) is 30.4. The predicted molar refractivity (Wildman–Crippen MR) is 183 cm³/mol. The standard InChI is InChI=1S/C19H39N3O2.C12H27N3O.2CH4/c1-5-9-10-18(23)11-14-21(7-3)16-17-22(8-4)15-12-19(24)20-13-6-2;1-4-8-14-12(16)7-10-15(6-3)11-9-13-5-2;;/h5-17H2,1-4H3,(H,20,24);13H,4-11H2,1-3H3,(H,14,16);2*1H4. The quantitative estimate of drug-likeness (QED) is 0.122. The summed E-state index contributed by atoms with van der Waals surface area (Å²) in [5.41, 5.74) is 0. The van der Waals surface area contributed by atoms with Crippen LogP contribution in [-0.2, 0) is 14.4 Å². The number of unbranched alkanes of at least 4 members (excludes halogenated alkanes) is 1. The molecule has 0 aromatic rings. The first-order valence-electron chi connectivity index (χ1n) is 16.2. The second-order valence-corrected chi connectivity index (χ2v) is 10.2. The van der Waals surface area contributed by atoms with E-state index < -0.39 is 0 Å². The van der Waals surface area contributed by atoms with E-state index in [1.807, 2.05) is 0 Å². The molecule has 9 nitrogen and oxygen atoms in total. The molecule has 0 spiro atoms. The van der Waals surface area contributed by atoms with Gasteiger partial charge >= 0.3 is 0 Å². The smallest absolute Gasteiger partial charge is 0.221 e. The molecule has 0 saturated carbocycles. The van der Waals surface area contributed by atoms with Crippen LogP contribution >= 0.6 is 0 Å². The summed E-state index contributed by atoms with van der Waals surface area (Å²) in [5.74, 6) is 0.697. The number of amides is 2. The summed E-state index contributed by atoms with van der Waals surface area (Å²) in [6.45, 7) is 26.7. The molecule has 0 aliphatic carbocycles. The highest BCUT2D eigenvalue weighted by Gasteiger charge is 2.11. The van der Waals surface area contributed by atoms with E-state index in [9.17, 15) is 14.4 Å². The number of nitrogens with zero attached hydrogens (tertiary/aromatic N) is 3. The molecule has 0 heterocycles. The molecule has 0 aliphatic rings. The number of carbonyl (C=O) groups excluding carboxylic acids is 3. The van der Waals surface area contributed by atoms with Crippen molar-refractivity contribution in [3.8, 4) is 0 Å². The molecule has 0 saturated heterocycles. The van der Waals surface area contributed by atoms with Crippen LogP contribution in [0.5, 0.6) is 0 Å². The van der Waals surface area contributed by atoms with Gasteiger partial charge < -0.3 is 30.7 Å². The van der Waals surface area contributed by atoms with Crippen LogP contribution in [0.1, 0.15) is 115 Å². The van der Waals surface area contributed by atoms with Gasteiger partial charge in [0.15, 0.2) is 0 Å². The Labute approximate surface area is 262 Å². The van der Waals surface area contributed by atoms with Crippen molar-refractivity contribution in [2.45, 2.75) is 115 Å². The number of likely N-dealkylation sites (N-methyl/N-ethyl adjacent to an activating group) is 4. The Balaban J connectivity index is -0.000000352. The minimum absolute atomic E-state index is 0. The molecule has 42 heavy (non-hydrogen) atoms. The minimum Gasteiger partial charge on any atom is -0.356 e. The third-order valence-corrected chi connectivity index (χ3v) is 6.90. The Morgan fingerprint density at radius 2 is 0.929 bits per heavy atom. The molecule has 9 heteroatoms. The lowest BCUT2D eigenvalue weighted by Gasteiger charge is -2.25. The van der Waals surface area contributed by atoms with Crippen molar-refractivity contribution in [3.05, 3.63) is 0 Å². The predicted octanol–water partition coefficient (Wildman–Crippen LogP) is 4.80. The van der Waals surface area contributed by atoms with E-state index in [1.165, 1.54) is 0 Å². The van der Waals surface area contributed by atoms with Crippen LogP contribution in [0, 0.1) is 0 Å². The number of hydrogen-bond acceptors (Lipinski definition) is 7. The Morgan fingerprint density at radius 3 is 1.31 bits per heavy atom. The van der Waals surface area contributed by atoms with Crippen LogP contribution in [0.25, 0.3) is 0 Å². The third kappa shape index (κ3) is 31.4. The van der Waals surface area contributed by atoms with Crippen molar-refractivity contribution < 1.29 is 14.4 Å². The molecule has 0 aliphatic heterocycles. The zero-order valence-electron chi connectivity index (χ0n) is 27.4. The largest absolute Gasteiger partial charge is 0.356 e. The van der Waals surface area contributed by atoms with Crippen LogP contribution < -0.4 is 16.0 Å². The number of ketones is 1. The van der Waals surface area contributed by atoms with Gasteiger partial charge in [0, 0.05) is 84.6 Å². The Morgan fingerprint density at radius 1 is 0.500 bits per heavy atom. The Hall–Kier alpha value is -1.55. The van der Waals surface area contributed by atoms with Crippen molar-refractivity contribution in [3.63, 3.8) is 0 Å². The maximum atomic E-state index is 11.8. The van der Waals surface area contributed by atoms with Gasteiger partial charge in [0.25, 0.3) is 0 Å². The summed E-state index contributed by atoms with van der Waals surface area (Å²) in [6, 6.07) is 0. The maximum absolute atomic E-state index is 11.8. The van der Waals surface area contributed by atoms with Crippen molar-refractivity contribution in [1.29, 1.82) is 0 Å². The molecular weight excluding hydrogens is 528 g/mol. The summed E-state index contributed by atoms with van der Waals surface area (Å²) in [7, 11) is 0. The van der Waals surface area contributed by atoms with E-state index in [0.717, 1.165) is 117 Å². The molecule has 2 amide bonds. The van der Waals surface area contributed by atoms with E-state index >= 15 is 0 Å². The fraction of sp³-hybridized carbons (Fsp3) is 0.909. The first-order valence-corrected chi connectivity index (χ1v) is 16.2. The highest BCUT2D eigenvalue weighted by atomic mass is 16.2. The fourth-order valence-electron chi connectivity index (χ4n) is 3.99. The highest BCUT2D eigenvalue weighted by Crippen LogP contribution is 2.02. The molecule has 0 aromatic heterocycles. The SMILES string of the molecule is C.C.CCCCC(=O)CCN(CC)CCN(CC)CCC(=O)NCCC.CCCNC(=O)CCN(CC)CCNCC. The van der Waals surface area contributed by atoms with Crippen LogP contribution in [0.15, 0.2) is 0 Å². The minimum atomic E-state index is 0. The van der Waals surface area contributed by atoms with E-state index in [-0.39, 0.29) is 26.7 Å². The third-order valence-electron chi connectivity index (χ3n) is 6.90. The van der Waals surface area contributed by atoms with Crippen molar-refractivity contribution in [2.24, 2.45) is 0 Å². The van der Waals surface area contributed by atoms with Crippen LogP contribution in [0.4, 0.5) is 0 Å². The van der Waals surface area contributed by atoms with Gasteiger partial charge in [-0.3, -0.25) is 14.4 Å². The average Bonchev–Trinajstić information content (AvgIpc) is 2.97. The van der Waals surface area contributed by atoms with E-state index in [1.54, 1.807) is 0 Å². The summed E-state index contributed by atoms with van der Waals surface area (Å²) < 4.78 is 0. The summed E-state index contributed by atoms with van der Waals surface area (Å²) in [5, 5.41) is 9.11. The summed E-state index contributed by atoms with van der Waals surface area (Å²) in [4.78, 5) is 41.8. The zero-order valence-corrected chi connectivity index (χ0v) is 27.4. The van der Waals surface area contributed by atoms with Gasteiger partial charge in [-0.25, -0.2) is 0 Å². The van der Waals surface area contributed by atoms with E-state index in [0.29, 0.717) is 25.0 Å². The van der Waals surface area contributed by atoms with Crippen molar-refractivity contribution in [2.75, 3.05) is 85.1 Å². The number of rotatable bonds is 26. The van der Waals surface area contributed by atoms with Gasteiger partial charge in [-0.2, -0.15) is 0 Å². The molecule has 254 valence electrons. The molecule has 0 unspecified atom stereocenters. The Kier molecular flexibility index (Phi) is 40.2. The molecule has 0 rings (SSSR count). The van der Waals surface area contributed by atoms with Gasteiger partial charge in [-0.05, 0) is 45.4 Å². The first-order chi connectivity index (χ1) is 19.3. The lowest BCUT2D eigenvalue weighted by Crippen LogP contribution is -2.38. The molecule has 0 radical (unpaired) electrons. The van der Waals surface area contributed by atoms with Crippen LogP contribution in [0.2, 0.25) is 0 Å². The van der Waals surface area contributed by atoms with Crippen molar-refractivity contribution >= 4 is 17.6 Å². The molecular formula is C33H74N6O3. The number of carbonyl (C=O) groups is 3. The molecule has 0 bridgehead atoms. The topological polar surface area (TPSA) is 97.0 Å². The van der Waals surface area contributed by atoms with Crippen LogP contribution in [0.3, 0.4) is 0 Å². The van der Waals surface area contributed by atoms with Gasteiger partial charge in [0.2, 0.25) is 11.8 Å². The maximum Gasteiger partial charge on any atom is 0.221 e. The second kappa shape index (κ2) is 35.6. The first kappa shape index (κ1) is 47.4. The second-order valence-electron chi connectivity index (χ2n) is 10.2. The van der Waals surface area contributed by atoms with Gasteiger partial charge in [0.1, 0.15) is 5.78 Å². The Bertz CT molecular complexity index is 574. The normalized spacial score (nSPS) is 10.5. The van der Waals surface area contributed by atoms with Crippen LogP contribution in [-0.4, -0.2) is 117 Å². The summed E-state index contributed by atoms with van der Waals surface area (Å²) in [6.07, 6.45) is 6.64. The fourth-order valence-corrected chi connectivity index (χ4v) is 3.99. The lowest BCUT2D eigenvalue weighted by molar-refractivity contribution is -0.122. The molecule has 0 atom stereocenters. The monoisotopic (exact) mass is 603 g/mol. The average molecular weight is 603 g/mol.